The lowest BCUT2D eigenvalue weighted by Crippen LogP contribution is -2.27. The molecule has 35 heavy (non-hydrogen) atoms. The summed E-state index contributed by atoms with van der Waals surface area (Å²) in [6, 6.07) is 23.9. The summed E-state index contributed by atoms with van der Waals surface area (Å²) in [5, 5.41) is 8.37. The second-order valence-corrected chi connectivity index (χ2v) is 9.96. The van der Waals surface area contributed by atoms with Gasteiger partial charge in [-0.2, -0.15) is 5.10 Å². The summed E-state index contributed by atoms with van der Waals surface area (Å²) < 4.78 is 2.73. The van der Waals surface area contributed by atoms with Crippen LogP contribution >= 0.6 is 15.9 Å². The number of aromatic nitrogens is 4. The molecule has 3 aromatic carbocycles. The molecule has 0 amide bonds. The first-order valence-corrected chi connectivity index (χ1v) is 12.4. The molecule has 1 unspecified atom stereocenters. The quantitative estimate of drug-likeness (QED) is 0.291. The number of fused-ring (bicyclic) bond motifs is 2. The van der Waals surface area contributed by atoms with Crippen molar-refractivity contribution in [1.29, 1.82) is 0 Å². The van der Waals surface area contributed by atoms with Crippen molar-refractivity contribution in [3.05, 3.63) is 122 Å². The van der Waals surface area contributed by atoms with Gasteiger partial charge in [0, 0.05) is 15.7 Å². The summed E-state index contributed by atoms with van der Waals surface area (Å²) in [6.45, 7) is 4.12. The average molecular weight is 523 g/mol. The molecule has 0 radical (unpaired) electrons. The number of halogens is 1. The molecule has 0 aliphatic heterocycles. The van der Waals surface area contributed by atoms with Gasteiger partial charge in [0.25, 0.3) is 5.56 Å². The van der Waals surface area contributed by atoms with Crippen molar-refractivity contribution in [3.8, 4) is 5.69 Å². The van der Waals surface area contributed by atoms with Crippen LogP contribution < -0.4 is 5.56 Å². The van der Waals surface area contributed by atoms with E-state index in [2.05, 4.69) is 63.4 Å². The second kappa shape index (κ2) is 8.47. The first kappa shape index (κ1) is 21.7. The van der Waals surface area contributed by atoms with Crippen molar-refractivity contribution < 1.29 is 0 Å². The van der Waals surface area contributed by atoms with Gasteiger partial charge < -0.3 is 0 Å². The van der Waals surface area contributed by atoms with Crippen molar-refractivity contribution in [2.45, 2.75) is 26.2 Å². The van der Waals surface area contributed by atoms with Crippen molar-refractivity contribution in [2.75, 3.05) is 0 Å². The Balaban J connectivity index is 1.62. The third-order valence-corrected chi connectivity index (χ3v) is 7.26. The Labute approximate surface area is 211 Å². The number of benzene rings is 3. The molecule has 6 heteroatoms. The van der Waals surface area contributed by atoms with E-state index in [1.54, 1.807) is 4.57 Å². The van der Waals surface area contributed by atoms with Crippen molar-refractivity contribution in [1.82, 2.24) is 19.7 Å². The molecule has 2 heterocycles. The fraction of sp³-hybridized carbons (Fsp3) is 0.138. The molecule has 0 saturated carbocycles. The first-order chi connectivity index (χ1) is 17.0. The molecule has 1 N–H and O–H groups in total. The maximum Gasteiger partial charge on any atom is 0.265 e. The van der Waals surface area contributed by atoms with E-state index in [0.29, 0.717) is 10.9 Å². The third-order valence-electron chi connectivity index (χ3n) is 6.73. The molecule has 5 nitrogen and oxygen atoms in total. The van der Waals surface area contributed by atoms with Gasteiger partial charge in [-0.15, -0.1) is 0 Å². The highest BCUT2D eigenvalue weighted by molar-refractivity contribution is 9.10. The van der Waals surface area contributed by atoms with Gasteiger partial charge in [0.1, 0.15) is 5.82 Å². The van der Waals surface area contributed by atoms with E-state index in [4.69, 9.17) is 4.98 Å². The standard InChI is InChI=1S/C29H23BrN4O/c1-17-7-9-19(10-8-17)20-15-24(27-18(2)32-33-26(27)16-20)28-31-25-6-4-3-5-23(25)29(35)34(28)22-13-11-21(30)12-14-22/h3-14,16,24H,15H2,1-2H3,(H,32,33). The van der Waals surface area contributed by atoms with Crippen LogP contribution in [0.2, 0.25) is 0 Å². The van der Waals surface area contributed by atoms with E-state index in [-0.39, 0.29) is 11.5 Å². The number of rotatable bonds is 3. The minimum atomic E-state index is -0.133. The zero-order chi connectivity index (χ0) is 24.1. The molecule has 0 saturated heterocycles. The molecule has 5 aromatic rings. The second-order valence-electron chi connectivity index (χ2n) is 9.04. The van der Waals surface area contributed by atoms with Crippen LogP contribution in [0.4, 0.5) is 0 Å². The predicted molar refractivity (Wildman–Crippen MR) is 144 cm³/mol. The summed E-state index contributed by atoms with van der Waals surface area (Å²) >= 11 is 3.51. The number of allylic oxidation sites excluding steroid dienone is 1. The first-order valence-electron chi connectivity index (χ1n) is 11.6. The molecule has 6 rings (SSSR count). The molecule has 172 valence electrons. The lowest BCUT2D eigenvalue weighted by Gasteiger charge is -2.26. The summed E-state index contributed by atoms with van der Waals surface area (Å²) in [4.78, 5) is 19.0. The Morgan fingerprint density at radius 1 is 0.971 bits per heavy atom. The zero-order valence-corrected chi connectivity index (χ0v) is 21.0. The lowest BCUT2D eigenvalue weighted by atomic mass is 9.82. The maximum absolute atomic E-state index is 13.9. The van der Waals surface area contributed by atoms with Gasteiger partial charge in [0.2, 0.25) is 0 Å². The molecule has 0 fully saturated rings. The number of aromatic amines is 1. The Hall–Kier alpha value is -3.77. The molecular weight excluding hydrogens is 500 g/mol. The monoisotopic (exact) mass is 522 g/mol. The summed E-state index contributed by atoms with van der Waals surface area (Å²) in [6.07, 6.45) is 2.88. The van der Waals surface area contributed by atoms with E-state index in [9.17, 15) is 4.79 Å². The van der Waals surface area contributed by atoms with E-state index in [1.165, 1.54) is 11.1 Å². The number of hydrogen-bond donors (Lipinski definition) is 1. The Kier molecular flexibility index (Phi) is 5.26. The number of nitrogens with one attached hydrogen (secondary N) is 1. The summed E-state index contributed by atoms with van der Waals surface area (Å²) in [5.41, 5.74) is 7.97. The molecule has 1 aliphatic carbocycles. The molecule has 1 aliphatic rings. The molecule has 0 spiro atoms. The van der Waals surface area contributed by atoms with Crippen LogP contribution in [-0.4, -0.2) is 19.7 Å². The van der Waals surface area contributed by atoms with Crippen LogP contribution in [0.15, 0.2) is 82.1 Å². The topological polar surface area (TPSA) is 63.6 Å². The highest BCUT2D eigenvalue weighted by atomic mass is 79.9. The van der Waals surface area contributed by atoms with Crippen molar-refractivity contribution in [3.63, 3.8) is 0 Å². The maximum atomic E-state index is 13.9. The minimum Gasteiger partial charge on any atom is -0.282 e. The lowest BCUT2D eigenvalue weighted by molar-refractivity contribution is 0.708. The number of H-pyrrole nitrogens is 1. The van der Waals surface area contributed by atoms with Crippen LogP contribution in [0.1, 0.15) is 46.2 Å². The van der Waals surface area contributed by atoms with Crippen LogP contribution in [-0.2, 0) is 0 Å². The minimum absolute atomic E-state index is 0.0675. The fourth-order valence-electron chi connectivity index (χ4n) is 4.96. The Morgan fingerprint density at radius 3 is 2.49 bits per heavy atom. The highest BCUT2D eigenvalue weighted by Gasteiger charge is 2.31. The number of hydrogen-bond acceptors (Lipinski definition) is 3. The van der Waals surface area contributed by atoms with Crippen molar-refractivity contribution in [2.24, 2.45) is 0 Å². The molecule has 2 aromatic heterocycles. The van der Waals surface area contributed by atoms with Gasteiger partial charge >= 0.3 is 0 Å². The van der Waals surface area contributed by atoms with Crippen LogP contribution in [0.5, 0.6) is 0 Å². The van der Waals surface area contributed by atoms with Gasteiger partial charge in [0.15, 0.2) is 0 Å². The van der Waals surface area contributed by atoms with Crippen LogP contribution in [0, 0.1) is 13.8 Å². The smallest absolute Gasteiger partial charge is 0.265 e. The van der Waals surface area contributed by atoms with Gasteiger partial charge in [-0.1, -0.05) is 57.9 Å². The Bertz CT molecular complexity index is 1660. The fourth-order valence-corrected chi connectivity index (χ4v) is 5.23. The zero-order valence-electron chi connectivity index (χ0n) is 19.4. The normalized spacial score (nSPS) is 15.2. The Morgan fingerprint density at radius 2 is 1.71 bits per heavy atom. The van der Waals surface area contributed by atoms with E-state index < -0.39 is 0 Å². The largest absolute Gasteiger partial charge is 0.282 e. The van der Waals surface area contributed by atoms with Gasteiger partial charge in [0.05, 0.1) is 28.2 Å². The summed E-state index contributed by atoms with van der Waals surface area (Å²) in [5.74, 6) is 0.588. The average Bonchev–Trinajstić information content (AvgIpc) is 3.25. The number of aryl methyl sites for hydroxylation is 2. The SMILES string of the molecule is Cc1ccc(C2=Cc3n[nH]c(C)c3C(c3nc4ccccc4c(=O)n3-c3ccc(Br)cc3)C2)cc1. The highest BCUT2D eigenvalue weighted by Crippen LogP contribution is 2.42. The van der Waals surface area contributed by atoms with Crippen LogP contribution in [0.3, 0.4) is 0 Å². The summed E-state index contributed by atoms with van der Waals surface area (Å²) in [7, 11) is 0. The number of nitrogens with zero attached hydrogens (tertiary/aromatic N) is 3. The molecular formula is C29H23BrN4O. The van der Waals surface area contributed by atoms with E-state index in [0.717, 1.165) is 44.9 Å². The van der Waals surface area contributed by atoms with Gasteiger partial charge in [-0.05, 0) is 73.9 Å². The van der Waals surface area contributed by atoms with Gasteiger partial charge in [-0.25, -0.2) is 4.98 Å². The van der Waals surface area contributed by atoms with E-state index >= 15 is 0 Å². The van der Waals surface area contributed by atoms with E-state index in [1.807, 2.05) is 55.5 Å². The molecule has 1 atom stereocenters. The van der Waals surface area contributed by atoms with Crippen LogP contribution in [0.25, 0.3) is 28.2 Å². The third kappa shape index (κ3) is 3.74. The molecule has 0 bridgehead atoms. The number of para-hydroxylation sites is 1. The predicted octanol–water partition coefficient (Wildman–Crippen LogP) is 6.56. The van der Waals surface area contributed by atoms with Crippen molar-refractivity contribution >= 4 is 38.5 Å². The van der Waals surface area contributed by atoms with Gasteiger partial charge in [-0.3, -0.25) is 14.5 Å².